The molecule has 0 fully saturated rings. The Balaban J connectivity index is 1.96. The van der Waals surface area contributed by atoms with Crippen LogP contribution in [-0.2, 0) is 6.42 Å². The van der Waals surface area contributed by atoms with Crippen LogP contribution in [0.4, 0.5) is 0 Å². The van der Waals surface area contributed by atoms with E-state index < -0.39 is 0 Å². The van der Waals surface area contributed by atoms with Crippen molar-refractivity contribution in [1.82, 2.24) is 4.98 Å². The van der Waals surface area contributed by atoms with Gasteiger partial charge in [0.25, 0.3) is 0 Å². The van der Waals surface area contributed by atoms with E-state index in [0.29, 0.717) is 16.8 Å². The molecular weight excluding hydrogens is 262 g/mol. The van der Waals surface area contributed by atoms with Gasteiger partial charge in [-0.3, -0.25) is 9.59 Å². The Labute approximate surface area is 122 Å². The van der Waals surface area contributed by atoms with Gasteiger partial charge >= 0.3 is 0 Å². The molecule has 0 amide bonds. The number of Topliss-reactive ketones (excluding diaryl/α,β-unsaturated/α-hetero) is 1. The van der Waals surface area contributed by atoms with Crippen molar-refractivity contribution in [3.8, 4) is 0 Å². The Morgan fingerprint density at radius 2 is 1.81 bits per heavy atom. The number of fused-ring (bicyclic) bond motifs is 1. The minimum atomic E-state index is 0.00431. The van der Waals surface area contributed by atoms with Crippen LogP contribution in [-0.4, -0.2) is 17.1 Å². The molecule has 0 saturated carbocycles. The van der Waals surface area contributed by atoms with Crippen molar-refractivity contribution in [3.63, 3.8) is 0 Å². The smallest absolute Gasteiger partial charge is 0.168 e. The summed E-state index contributed by atoms with van der Waals surface area (Å²) in [5, 5.41) is 0.860. The predicted molar refractivity (Wildman–Crippen MR) is 82.9 cm³/mol. The summed E-state index contributed by atoms with van der Waals surface area (Å²) in [6.45, 7) is 1.98. The zero-order valence-corrected chi connectivity index (χ0v) is 11.7. The third-order valence-electron chi connectivity index (χ3n) is 3.66. The fourth-order valence-corrected chi connectivity index (χ4v) is 2.50. The quantitative estimate of drug-likeness (QED) is 0.583. The number of aldehydes is 1. The second-order valence-electron chi connectivity index (χ2n) is 5.15. The molecule has 21 heavy (non-hydrogen) atoms. The van der Waals surface area contributed by atoms with Gasteiger partial charge in [0.05, 0.1) is 6.42 Å². The summed E-state index contributed by atoms with van der Waals surface area (Å²) in [6.07, 6.45) is 1.02. The summed E-state index contributed by atoms with van der Waals surface area (Å²) in [5.41, 5.74) is 3.91. The number of aromatic amines is 1. The van der Waals surface area contributed by atoms with Gasteiger partial charge in [0.15, 0.2) is 12.1 Å². The molecule has 0 aliphatic carbocycles. The van der Waals surface area contributed by atoms with Gasteiger partial charge in [0, 0.05) is 27.7 Å². The molecule has 1 N–H and O–H groups in total. The Kier molecular flexibility index (Phi) is 3.40. The van der Waals surface area contributed by atoms with Crippen LogP contribution < -0.4 is 0 Å². The zero-order valence-electron chi connectivity index (χ0n) is 11.7. The van der Waals surface area contributed by atoms with Gasteiger partial charge in [-0.2, -0.15) is 0 Å². The van der Waals surface area contributed by atoms with Crippen molar-refractivity contribution in [3.05, 3.63) is 70.9 Å². The minimum Gasteiger partial charge on any atom is -0.357 e. The average Bonchev–Trinajstić information content (AvgIpc) is 2.84. The zero-order chi connectivity index (χ0) is 14.8. The molecule has 0 atom stereocenters. The molecule has 0 aliphatic rings. The first-order valence-corrected chi connectivity index (χ1v) is 6.83. The fourth-order valence-electron chi connectivity index (χ4n) is 2.50. The monoisotopic (exact) mass is 277 g/mol. The van der Waals surface area contributed by atoms with Crippen molar-refractivity contribution >= 4 is 23.0 Å². The van der Waals surface area contributed by atoms with Crippen molar-refractivity contribution in [2.45, 2.75) is 13.3 Å². The summed E-state index contributed by atoms with van der Waals surface area (Å²) >= 11 is 0. The first-order chi connectivity index (χ1) is 10.2. The first-order valence-electron chi connectivity index (χ1n) is 6.83. The van der Waals surface area contributed by atoms with E-state index in [1.165, 1.54) is 0 Å². The number of nitrogens with one attached hydrogen (secondary N) is 1. The van der Waals surface area contributed by atoms with Gasteiger partial charge < -0.3 is 4.98 Å². The van der Waals surface area contributed by atoms with Crippen molar-refractivity contribution in [1.29, 1.82) is 0 Å². The number of aryl methyl sites for hydroxylation is 1. The van der Waals surface area contributed by atoms with E-state index in [-0.39, 0.29) is 12.2 Å². The third-order valence-corrected chi connectivity index (χ3v) is 3.66. The van der Waals surface area contributed by atoms with E-state index in [4.69, 9.17) is 0 Å². The largest absolute Gasteiger partial charge is 0.357 e. The topological polar surface area (TPSA) is 49.9 Å². The standard InChI is InChI=1S/C18H15NO2/c1-12-6-8-13(9-7-12)18(21)10-17-15(11-20)14-4-2-3-5-16(14)19-17/h2-9,11,19H,10H2,1H3. The SMILES string of the molecule is Cc1ccc(C(=O)Cc2[nH]c3ccccc3c2C=O)cc1. The molecule has 1 aromatic heterocycles. The van der Waals surface area contributed by atoms with E-state index in [0.717, 1.165) is 22.8 Å². The lowest BCUT2D eigenvalue weighted by atomic mass is 10.0. The van der Waals surface area contributed by atoms with E-state index in [2.05, 4.69) is 4.98 Å². The number of aromatic nitrogens is 1. The van der Waals surface area contributed by atoms with Crippen LogP contribution in [0.3, 0.4) is 0 Å². The Morgan fingerprint density at radius 1 is 1.10 bits per heavy atom. The fraction of sp³-hybridized carbons (Fsp3) is 0.111. The van der Waals surface area contributed by atoms with E-state index in [1.807, 2.05) is 55.5 Å². The van der Waals surface area contributed by atoms with Gasteiger partial charge in [-0.1, -0.05) is 48.0 Å². The Hall–Kier alpha value is -2.68. The maximum Gasteiger partial charge on any atom is 0.168 e. The van der Waals surface area contributed by atoms with Crippen molar-refractivity contribution in [2.75, 3.05) is 0 Å². The van der Waals surface area contributed by atoms with Gasteiger partial charge in [-0.05, 0) is 13.0 Å². The second-order valence-corrected chi connectivity index (χ2v) is 5.15. The average molecular weight is 277 g/mol. The maximum absolute atomic E-state index is 12.3. The summed E-state index contributed by atoms with van der Waals surface area (Å²) in [7, 11) is 0. The van der Waals surface area contributed by atoms with Crippen molar-refractivity contribution < 1.29 is 9.59 Å². The molecular formula is C18H15NO2. The molecule has 0 aliphatic heterocycles. The maximum atomic E-state index is 12.3. The van der Waals surface area contributed by atoms with Gasteiger partial charge in [0.1, 0.15) is 0 Å². The van der Waals surface area contributed by atoms with Crippen LogP contribution in [0.25, 0.3) is 10.9 Å². The van der Waals surface area contributed by atoms with Gasteiger partial charge in [-0.25, -0.2) is 0 Å². The lowest BCUT2D eigenvalue weighted by Gasteiger charge is -2.01. The van der Waals surface area contributed by atoms with Gasteiger partial charge in [-0.15, -0.1) is 0 Å². The van der Waals surface area contributed by atoms with Gasteiger partial charge in [0.2, 0.25) is 0 Å². The molecule has 0 bridgehead atoms. The van der Waals surface area contributed by atoms with Crippen molar-refractivity contribution in [2.24, 2.45) is 0 Å². The molecule has 0 unspecified atom stereocenters. The molecule has 104 valence electrons. The highest BCUT2D eigenvalue weighted by molar-refractivity contribution is 6.03. The second kappa shape index (κ2) is 5.37. The molecule has 3 heteroatoms. The van der Waals surface area contributed by atoms with Crippen LogP contribution in [0, 0.1) is 6.92 Å². The summed E-state index contributed by atoms with van der Waals surface area (Å²) in [5.74, 6) is 0.00431. The number of benzene rings is 2. The summed E-state index contributed by atoms with van der Waals surface area (Å²) in [4.78, 5) is 26.8. The molecule has 0 spiro atoms. The van der Waals surface area contributed by atoms with Crippen LogP contribution in [0.2, 0.25) is 0 Å². The number of ketones is 1. The molecule has 3 aromatic rings. The molecule has 1 heterocycles. The number of H-pyrrole nitrogens is 1. The number of carbonyl (C=O) groups excluding carboxylic acids is 2. The minimum absolute atomic E-state index is 0.00431. The van der Waals surface area contributed by atoms with Crippen LogP contribution >= 0.6 is 0 Å². The molecule has 0 saturated heterocycles. The number of carbonyl (C=O) groups is 2. The highest BCUT2D eigenvalue weighted by atomic mass is 16.1. The lowest BCUT2D eigenvalue weighted by Crippen LogP contribution is -2.05. The Morgan fingerprint density at radius 3 is 2.52 bits per heavy atom. The van der Waals surface area contributed by atoms with E-state index in [9.17, 15) is 9.59 Å². The number of hydrogen-bond acceptors (Lipinski definition) is 2. The van der Waals surface area contributed by atoms with Crippen LogP contribution in [0.15, 0.2) is 48.5 Å². The van der Waals surface area contributed by atoms with Crippen LogP contribution in [0.1, 0.15) is 32.0 Å². The molecule has 2 aromatic carbocycles. The first kappa shape index (κ1) is 13.3. The normalized spacial score (nSPS) is 10.7. The Bertz CT molecular complexity index is 813. The number of para-hydroxylation sites is 1. The molecule has 0 radical (unpaired) electrons. The summed E-state index contributed by atoms with van der Waals surface area (Å²) in [6, 6.07) is 15.0. The lowest BCUT2D eigenvalue weighted by molar-refractivity contribution is 0.0992. The number of rotatable bonds is 4. The highest BCUT2D eigenvalue weighted by Crippen LogP contribution is 2.22. The van der Waals surface area contributed by atoms with E-state index >= 15 is 0 Å². The molecule has 3 rings (SSSR count). The summed E-state index contributed by atoms with van der Waals surface area (Å²) < 4.78 is 0. The van der Waals surface area contributed by atoms with E-state index in [1.54, 1.807) is 0 Å². The van der Waals surface area contributed by atoms with Crippen LogP contribution in [0.5, 0.6) is 0 Å². The third kappa shape index (κ3) is 2.50. The molecule has 3 nitrogen and oxygen atoms in total. The number of hydrogen-bond donors (Lipinski definition) is 1. The predicted octanol–water partition coefficient (Wildman–Crippen LogP) is 3.71. The highest BCUT2D eigenvalue weighted by Gasteiger charge is 2.14.